The van der Waals surface area contributed by atoms with Gasteiger partial charge in [0.25, 0.3) is 5.91 Å². The van der Waals surface area contributed by atoms with Crippen molar-refractivity contribution in [1.82, 2.24) is 0 Å². The normalized spacial score (nSPS) is 10.4. The fourth-order valence-corrected chi connectivity index (χ4v) is 3.24. The first-order valence-corrected chi connectivity index (χ1v) is 9.20. The smallest absolute Gasteiger partial charge is 0.341 e. The molecular formula is C19H23NO4S. The van der Waals surface area contributed by atoms with Gasteiger partial charge in [0, 0.05) is 4.88 Å². The standard InChI is InChI=1S/C19H23NO4S/c1-4-13-8-7-9-14(10-13)24-12-17(21)20-18-16(19(22)23-6-3)11-15(5-2)25-18/h7-11H,4-6,12H2,1-3H3,(H,20,21). The molecule has 0 aliphatic rings. The number of amides is 1. The number of benzene rings is 1. The number of hydrogen-bond acceptors (Lipinski definition) is 5. The number of hydrogen-bond donors (Lipinski definition) is 1. The topological polar surface area (TPSA) is 64.6 Å². The molecule has 6 heteroatoms. The SMILES string of the molecule is CCOC(=O)c1cc(CC)sc1NC(=O)COc1cccc(CC)c1. The van der Waals surface area contributed by atoms with E-state index in [1.54, 1.807) is 13.0 Å². The second-order valence-electron chi connectivity index (χ2n) is 5.37. The number of ether oxygens (including phenoxy) is 2. The van der Waals surface area contributed by atoms with Crippen molar-refractivity contribution in [3.63, 3.8) is 0 Å². The molecule has 2 aromatic rings. The summed E-state index contributed by atoms with van der Waals surface area (Å²) in [5.74, 6) is -0.0807. The molecule has 2 rings (SSSR count). The average molecular weight is 361 g/mol. The van der Waals surface area contributed by atoms with Crippen LogP contribution >= 0.6 is 11.3 Å². The fourth-order valence-electron chi connectivity index (χ4n) is 2.24. The van der Waals surface area contributed by atoms with E-state index < -0.39 is 5.97 Å². The van der Waals surface area contributed by atoms with E-state index in [1.807, 2.05) is 31.2 Å². The lowest BCUT2D eigenvalue weighted by Crippen LogP contribution is -2.21. The van der Waals surface area contributed by atoms with Gasteiger partial charge in [-0.25, -0.2) is 4.79 Å². The lowest BCUT2D eigenvalue weighted by atomic mass is 10.2. The summed E-state index contributed by atoms with van der Waals surface area (Å²) < 4.78 is 10.6. The van der Waals surface area contributed by atoms with E-state index in [1.165, 1.54) is 11.3 Å². The molecule has 1 aromatic heterocycles. The van der Waals surface area contributed by atoms with Gasteiger partial charge in [0.05, 0.1) is 12.2 Å². The van der Waals surface area contributed by atoms with E-state index in [4.69, 9.17) is 9.47 Å². The number of rotatable bonds is 8. The first-order chi connectivity index (χ1) is 12.1. The molecule has 1 heterocycles. The van der Waals surface area contributed by atoms with Gasteiger partial charge in [0.1, 0.15) is 10.8 Å². The van der Waals surface area contributed by atoms with Crippen LogP contribution in [0, 0.1) is 0 Å². The highest BCUT2D eigenvalue weighted by molar-refractivity contribution is 7.16. The highest BCUT2D eigenvalue weighted by atomic mass is 32.1. The van der Waals surface area contributed by atoms with Gasteiger partial charge in [0.2, 0.25) is 0 Å². The zero-order valence-electron chi connectivity index (χ0n) is 14.8. The Morgan fingerprint density at radius 2 is 1.92 bits per heavy atom. The lowest BCUT2D eigenvalue weighted by Gasteiger charge is -2.08. The molecular weight excluding hydrogens is 338 g/mol. The third-order valence-electron chi connectivity index (χ3n) is 3.56. The average Bonchev–Trinajstić information content (AvgIpc) is 3.03. The van der Waals surface area contributed by atoms with E-state index in [9.17, 15) is 9.59 Å². The molecule has 134 valence electrons. The van der Waals surface area contributed by atoms with Crippen LogP contribution in [0.5, 0.6) is 5.75 Å². The van der Waals surface area contributed by atoms with Crippen LogP contribution in [0.3, 0.4) is 0 Å². The van der Waals surface area contributed by atoms with Crippen molar-refractivity contribution < 1.29 is 19.1 Å². The largest absolute Gasteiger partial charge is 0.484 e. The molecule has 0 bridgehead atoms. The van der Waals surface area contributed by atoms with Crippen LogP contribution in [0.4, 0.5) is 5.00 Å². The molecule has 0 fully saturated rings. The second-order valence-corrected chi connectivity index (χ2v) is 6.50. The predicted octanol–water partition coefficient (Wildman–Crippen LogP) is 4.07. The predicted molar refractivity (Wildman–Crippen MR) is 99.6 cm³/mol. The molecule has 1 N–H and O–H groups in total. The van der Waals surface area contributed by atoms with Gasteiger partial charge in [-0.15, -0.1) is 11.3 Å². The van der Waals surface area contributed by atoms with Crippen molar-refractivity contribution in [2.24, 2.45) is 0 Å². The number of carbonyl (C=O) groups excluding carboxylic acids is 2. The third-order valence-corrected chi connectivity index (χ3v) is 4.75. The summed E-state index contributed by atoms with van der Waals surface area (Å²) in [6.45, 7) is 5.98. The summed E-state index contributed by atoms with van der Waals surface area (Å²) in [6.07, 6.45) is 1.69. The summed E-state index contributed by atoms with van der Waals surface area (Å²) in [5, 5.41) is 3.26. The molecule has 0 saturated heterocycles. The van der Waals surface area contributed by atoms with Crippen molar-refractivity contribution in [2.45, 2.75) is 33.6 Å². The first kappa shape index (κ1) is 19.0. The molecule has 0 unspecified atom stereocenters. The first-order valence-electron chi connectivity index (χ1n) is 8.38. The van der Waals surface area contributed by atoms with Crippen LogP contribution in [0.15, 0.2) is 30.3 Å². The molecule has 0 saturated carbocycles. The summed E-state index contributed by atoms with van der Waals surface area (Å²) in [5.41, 5.74) is 1.54. The minimum Gasteiger partial charge on any atom is -0.484 e. The van der Waals surface area contributed by atoms with Crippen LogP contribution in [-0.2, 0) is 22.4 Å². The van der Waals surface area contributed by atoms with E-state index in [-0.39, 0.29) is 12.5 Å². The summed E-state index contributed by atoms with van der Waals surface area (Å²) in [7, 11) is 0. The number of carbonyl (C=O) groups is 2. The maximum absolute atomic E-state index is 12.2. The number of esters is 1. The molecule has 0 aliphatic heterocycles. The molecule has 5 nitrogen and oxygen atoms in total. The molecule has 1 amide bonds. The number of aryl methyl sites for hydroxylation is 2. The van der Waals surface area contributed by atoms with E-state index in [0.29, 0.717) is 22.9 Å². The summed E-state index contributed by atoms with van der Waals surface area (Å²) in [4.78, 5) is 25.2. The maximum atomic E-state index is 12.2. The van der Waals surface area contributed by atoms with Crippen LogP contribution < -0.4 is 10.1 Å². The lowest BCUT2D eigenvalue weighted by molar-refractivity contribution is -0.118. The summed E-state index contributed by atoms with van der Waals surface area (Å²) >= 11 is 1.38. The van der Waals surface area contributed by atoms with Crippen molar-refractivity contribution in [3.05, 3.63) is 46.3 Å². The van der Waals surface area contributed by atoms with Gasteiger partial charge in [-0.3, -0.25) is 4.79 Å². The van der Waals surface area contributed by atoms with Crippen molar-refractivity contribution in [3.8, 4) is 5.75 Å². The Hall–Kier alpha value is -2.34. The number of anilines is 1. The summed E-state index contributed by atoms with van der Waals surface area (Å²) in [6, 6.07) is 9.41. The quantitative estimate of drug-likeness (QED) is 0.720. The molecule has 1 aromatic carbocycles. The van der Waals surface area contributed by atoms with Gasteiger partial charge in [-0.2, -0.15) is 0 Å². The Labute approximate surface area is 152 Å². The number of thiophene rings is 1. The van der Waals surface area contributed by atoms with E-state index in [0.717, 1.165) is 23.3 Å². The Balaban J connectivity index is 2.02. The van der Waals surface area contributed by atoms with Crippen LogP contribution in [0.25, 0.3) is 0 Å². The monoisotopic (exact) mass is 361 g/mol. The molecule has 0 aliphatic carbocycles. The van der Waals surface area contributed by atoms with Gasteiger partial charge >= 0.3 is 5.97 Å². The van der Waals surface area contributed by atoms with Gasteiger partial charge in [-0.05, 0) is 43.5 Å². The van der Waals surface area contributed by atoms with E-state index >= 15 is 0 Å². The van der Waals surface area contributed by atoms with Crippen LogP contribution in [0.2, 0.25) is 0 Å². The van der Waals surface area contributed by atoms with Crippen LogP contribution in [-0.4, -0.2) is 25.1 Å². The van der Waals surface area contributed by atoms with Crippen molar-refractivity contribution in [1.29, 1.82) is 0 Å². The molecule has 0 spiro atoms. The molecule has 25 heavy (non-hydrogen) atoms. The minimum atomic E-state index is -0.426. The molecule has 0 atom stereocenters. The Kier molecular flexibility index (Phi) is 7.01. The van der Waals surface area contributed by atoms with Gasteiger partial charge in [-0.1, -0.05) is 26.0 Å². The van der Waals surface area contributed by atoms with Crippen molar-refractivity contribution >= 4 is 28.2 Å². The second kappa shape index (κ2) is 9.22. The highest BCUT2D eigenvalue weighted by Crippen LogP contribution is 2.29. The maximum Gasteiger partial charge on any atom is 0.341 e. The zero-order chi connectivity index (χ0) is 18.2. The Morgan fingerprint density at radius 1 is 1.12 bits per heavy atom. The highest BCUT2D eigenvalue weighted by Gasteiger charge is 2.18. The van der Waals surface area contributed by atoms with Crippen LogP contribution in [0.1, 0.15) is 41.6 Å². The van der Waals surface area contributed by atoms with Gasteiger partial charge in [0.15, 0.2) is 6.61 Å². The molecule has 0 radical (unpaired) electrons. The zero-order valence-corrected chi connectivity index (χ0v) is 15.6. The minimum absolute atomic E-state index is 0.116. The number of nitrogens with one attached hydrogen (secondary N) is 1. The van der Waals surface area contributed by atoms with Gasteiger partial charge < -0.3 is 14.8 Å². The Morgan fingerprint density at radius 3 is 2.60 bits per heavy atom. The van der Waals surface area contributed by atoms with Crippen molar-refractivity contribution in [2.75, 3.05) is 18.5 Å². The fraction of sp³-hybridized carbons (Fsp3) is 0.368. The van der Waals surface area contributed by atoms with E-state index in [2.05, 4.69) is 12.2 Å². The Bertz CT molecular complexity index is 739. The third kappa shape index (κ3) is 5.32.